The Morgan fingerprint density at radius 2 is 2.05 bits per heavy atom. The molecule has 0 saturated carbocycles. The predicted molar refractivity (Wildman–Crippen MR) is 83.2 cm³/mol. The first-order valence-corrected chi connectivity index (χ1v) is 7.12. The van der Waals surface area contributed by atoms with Gasteiger partial charge in [-0.2, -0.15) is 0 Å². The number of nitrogens with two attached hydrogens (primary N) is 1. The average molecular weight is 320 g/mol. The number of benzene rings is 1. The molecule has 3 N–H and O–H groups in total. The lowest BCUT2D eigenvalue weighted by Gasteiger charge is -2.13. The molecule has 1 aromatic heterocycles. The molecule has 3 nitrogen and oxygen atoms in total. The van der Waals surface area contributed by atoms with Crippen molar-refractivity contribution in [1.82, 2.24) is 4.98 Å². The van der Waals surface area contributed by atoms with Crippen molar-refractivity contribution in [1.29, 1.82) is 0 Å². The van der Waals surface area contributed by atoms with Gasteiger partial charge in [-0.05, 0) is 46.5 Å². The Balaban J connectivity index is 1.86. The molecule has 0 saturated heterocycles. The van der Waals surface area contributed by atoms with Crippen molar-refractivity contribution in [3.05, 3.63) is 58.2 Å². The number of aryl methyl sites for hydroxylation is 1. The van der Waals surface area contributed by atoms with E-state index in [-0.39, 0.29) is 6.04 Å². The van der Waals surface area contributed by atoms with Gasteiger partial charge in [-0.1, -0.05) is 30.3 Å². The van der Waals surface area contributed by atoms with E-state index in [2.05, 4.69) is 38.4 Å². The van der Waals surface area contributed by atoms with E-state index < -0.39 is 0 Å². The van der Waals surface area contributed by atoms with Gasteiger partial charge >= 0.3 is 0 Å². The number of hydrogen-bond acceptors (Lipinski definition) is 3. The van der Waals surface area contributed by atoms with Gasteiger partial charge in [0.2, 0.25) is 0 Å². The molecule has 0 aliphatic carbocycles. The molecule has 0 aliphatic rings. The topological polar surface area (TPSA) is 50.9 Å². The standard InChI is InChI=1S/C15H18BrN3/c1-11-9-13(16)15(19-10-11)18-8-7-14(17)12-5-3-2-4-6-12/h2-6,9-10,14H,7-8,17H2,1H3,(H,18,19). The van der Waals surface area contributed by atoms with E-state index in [1.165, 1.54) is 5.56 Å². The second-order valence-electron chi connectivity index (χ2n) is 4.58. The highest BCUT2D eigenvalue weighted by molar-refractivity contribution is 9.10. The SMILES string of the molecule is Cc1cnc(NCCC(N)c2ccccc2)c(Br)c1. The highest BCUT2D eigenvalue weighted by Gasteiger charge is 2.06. The van der Waals surface area contributed by atoms with E-state index in [0.717, 1.165) is 28.8 Å². The first-order chi connectivity index (χ1) is 9.16. The molecule has 1 heterocycles. The molecule has 0 radical (unpaired) electrons. The number of hydrogen-bond donors (Lipinski definition) is 2. The summed E-state index contributed by atoms with van der Waals surface area (Å²) in [5.74, 6) is 0.867. The zero-order chi connectivity index (χ0) is 13.7. The van der Waals surface area contributed by atoms with Crippen molar-refractivity contribution < 1.29 is 0 Å². The molecule has 1 unspecified atom stereocenters. The van der Waals surface area contributed by atoms with E-state index in [1.54, 1.807) is 0 Å². The second-order valence-corrected chi connectivity index (χ2v) is 5.43. The van der Waals surface area contributed by atoms with Crippen LogP contribution in [0.15, 0.2) is 47.1 Å². The van der Waals surface area contributed by atoms with Crippen LogP contribution in [-0.4, -0.2) is 11.5 Å². The smallest absolute Gasteiger partial charge is 0.140 e. The summed E-state index contributed by atoms with van der Waals surface area (Å²) in [6.45, 7) is 2.82. The Labute approximate surface area is 122 Å². The van der Waals surface area contributed by atoms with Crippen LogP contribution in [0.4, 0.5) is 5.82 Å². The van der Waals surface area contributed by atoms with Crippen LogP contribution < -0.4 is 11.1 Å². The van der Waals surface area contributed by atoms with Gasteiger partial charge in [0.25, 0.3) is 0 Å². The van der Waals surface area contributed by atoms with Crippen LogP contribution in [0.5, 0.6) is 0 Å². The zero-order valence-electron chi connectivity index (χ0n) is 10.9. The predicted octanol–water partition coefficient (Wildman–Crippen LogP) is 3.65. The summed E-state index contributed by atoms with van der Waals surface area (Å²) in [6.07, 6.45) is 2.72. The minimum absolute atomic E-state index is 0.0536. The summed E-state index contributed by atoms with van der Waals surface area (Å²) in [7, 11) is 0. The minimum atomic E-state index is 0.0536. The van der Waals surface area contributed by atoms with Crippen LogP contribution >= 0.6 is 15.9 Å². The molecule has 19 heavy (non-hydrogen) atoms. The first-order valence-electron chi connectivity index (χ1n) is 6.33. The van der Waals surface area contributed by atoms with E-state index in [4.69, 9.17) is 5.73 Å². The number of pyridine rings is 1. The van der Waals surface area contributed by atoms with Crippen LogP contribution in [0.1, 0.15) is 23.6 Å². The van der Waals surface area contributed by atoms with Gasteiger partial charge in [-0.3, -0.25) is 0 Å². The third-order valence-corrected chi connectivity index (χ3v) is 3.56. The lowest BCUT2D eigenvalue weighted by atomic mass is 10.1. The molecule has 100 valence electrons. The quantitative estimate of drug-likeness (QED) is 0.884. The van der Waals surface area contributed by atoms with Crippen molar-refractivity contribution in [3.63, 3.8) is 0 Å². The number of nitrogens with one attached hydrogen (secondary N) is 1. The van der Waals surface area contributed by atoms with Gasteiger partial charge < -0.3 is 11.1 Å². The van der Waals surface area contributed by atoms with Gasteiger partial charge in [-0.15, -0.1) is 0 Å². The normalized spacial score (nSPS) is 12.2. The second kappa shape index (κ2) is 6.68. The fourth-order valence-electron chi connectivity index (χ4n) is 1.88. The third-order valence-electron chi connectivity index (χ3n) is 2.95. The molecule has 0 aliphatic heterocycles. The molecular formula is C15H18BrN3. The fourth-order valence-corrected chi connectivity index (χ4v) is 2.48. The number of halogens is 1. The Morgan fingerprint density at radius 1 is 1.32 bits per heavy atom. The van der Waals surface area contributed by atoms with Gasteiger partial charge in [0.05, 0.1) is 4.47 Å². The van der Waals surface area contributed by atoms with Crippen molar-refractivity contribution in [3.8, 4) is 0 Å². The summed E-state index contributed by atoms with van der Waals surface area (Å²) in [6, 6.07) is 12.3. The Morgan fingerprint density at radius 3 is 2.74 bits per heavy atom. The van der Waals surface area contributed by atoms with Crippen LogP contribution in [0, 0.1) is 6.92 Å². The molecule has 1 atom stereocenters. The molecule has 0 fully saturated rings. The van der Waals surface area contributed by atoms with E-state index >= 15 is 0 Å². The monoisotopic (exact) mass is 319 g/mol. The highest BCUT2D eigenvalue weighted by Crippen LogP contribution is 2.21. The maximum Gasteiger partial charge on any atom is 0.140 e. The molecule has 4 heteroatoms. The summed E-state index contributed by atoms with van der Waals surface area (Å²) in [5.41, 5.74) is 8.45. The fraction of sp³-hybridized carbons (Fsp3) is 0.267. The average Bonchev–Trinajstić information content (AvgIpc) is 2.42. The van der Waals surface area contributed by atoms with Crippen molar-refractivity contribution in [2.24, 2.45) is 5.73 Å². The molecule has 0 bridgehead atoms. The van der Waals surface area contributed by atoms with Crippen molar-refractivity contribution in [2.45, 2.75) is 19.4 Å². The van der Waals surface area contributed by atoms with E-state index in [1.807, 2.05) is 37.4 Å². The summed E-state index contributed by atoms with van der Waals surface area (Å²) >= 11 is 3.50. The number of nitrogens with zero attached hydrogens (tertiary/aromatic N) is 1. The summed E-state index contributed by atoms with van der Waals surface area (Å²) in [4.78, 5) is 4.35. The van der Waals surface area contributed by atoms with Gasteiger partial charge in [-0.25, -0.2) is 4.98 Å². The number of aromatic nitrogens is 1. The molecule has 1 aromatic carbocycles. The Hall–Kier alpha value is -1.39. The van der Waals surface area contributed by atoms with Gasteiger partial charge in [0.15, 0.2) is 0 Å². The summed E-state index contributed by atoms with van der Waals surface area (Å²) in [5, 5.41) is 3.30. The third kappa shape index (κ3) is 4.04. The lowest BCUT2D eigenvalue weighted by Crippen LogP contribution is -2.15. The molecule has 2 rings (SSSR count). The van der Waals surface area contributed by atoms with Crippen molar-refractivity contribution in [2.75, 3.05) is 11.9 Å². The Bertz CT molecular complexity index is 528. The number of anilines is 1. The molecule has 0 spiro atoms. The van der Waals surface area contributed by atoms with Crippen LogP contribution in [0.3, 0.4) is 0 Å². The van der Waals surface area contributed by atoms with Gasteiger partial charge in [0.1, 0.15) is 5.82 Å². The van der Waals surface area contributed by atoms with Gasteiger partial charge in [0, 0.05) is 18.8 Å². The van der Waals surface area contributed by atoms with E-state index in [0.29, 0.717) is 0 Å². The van der Waals surface area contributed by atoms with Crippen LogP contribution in [0.2, 0.25) is 0 Å². The zero-order valence-corrected chi connectivity index (χ0v) is 12.5. The maximum absolute atomic E-state index is 6.15. The summed E-state index contributed by atoms with van der Waals surface area (Å²) < 4.78 is 0.987. The van der Waals surface area contributed by atoms with Crippen LogP contribution in [-0.2, 0) is 0 Å². The minimum Gasteiger partial charge on any atom is -0.369 e. The lowest BCUT2D eigenvalue weighted by molar-refractivity contribution is 0.674. The molecule has 0 amide bonds. The van der Waals surface area contributed by atoms with Crippen LogP contribution in [0.25, 0.3) is 0 Å². The molecular weight excluding hydrogens is 302 g/mol. The first kappa shape index (κ1) is 14.0. The Kier molecular flexibility index (Phi) is 4.93. The highest BCUT2D eigenvalue weighted by atomic mass is 79.9. The largest absolute Gasteiger partial charge is 0.369 e. The van der Waals surface area contributed by atoms with E-state index in [9.17, 15) is 0 Å². The van der Waals surface area contributed by atoms with Crippen molar-refractivity contribution >= 4 is 21.7 Å². The molecule has 2 aromatic rings. The number of rotatable bonds is 5. The maximum atomic E-state index is 6.15.